The fourth-order valence-corrected chi connectivity index (χ4v) is 2.96. The lowest BCUT2D eigenvalue weighted by atomic mass is 9.99. The number of aliphatic hydroxyl groups excluding tert-OH is 4. The van der Waals surface area contributed by atoms with E-state index in [9.17, 15) is 25.2 Å². The Morgan fingerprint density at radius 1 is 1.20 bits per heavy atom. The van der Waals surface area contributed by atoms with Crippen molar-refractivity contribution >= 4 is 22.6 Å². The fraction of sp³-hybridized carbons (Fsp3) is 0.438. The van der Waals surface area contributed by atoms with Gasteiger partial charge in [0.2, 0.25) is 6.29 Å². The molecule has 1 aliphatic heterocycles. The van der Waals surface area contributed by atoms with Crippen molar-refractivity contribution in [3.63, 3.8) is 0 Å². The first-order valence-corrected chi connectivity index (χ1v) is 7.91. The largest absolute Gasteiger partial charge is 0.460 e. The Morgan fingerprint density at radius 3 is 2.60 bits per heavy atom. The Kier molecular flexibility index (Phi) is 5.01. The van der Waals surface area contributed by atoms with Gasteiger partial charge >= 0.3 is 5.63 Å². The Labute approximate surface area is 146 Å². The van der Waals surface area contributed by atoms with E-state index in [1.54, 1.807) is 13.0 Å². The monoisotopic (exact) mass is 372 g/mol. The van der Waals surface area contributed by atoms with Crippen LogP contribution in [-0.2, 0) is 4.74 Å². The zero-order valence-corrected chi connectivity index (χ0v) is 13.9. The molecule has 25 heavy (non-hydrogen) atoms. The summed E-state index contributed by atoms with van der Waals surface area (Å²) < 4.78 is 15.9. The van der Waals surface area contributed by atoms with Gasteiger partial charge < -0.3 is 34.3 Å². The van der Waals surface area contributed by atoms with Crippen LogP contribution in [0.3, 0.4) is 0 Å². The molecular formula is C16H17ClO8. The van der Waals surface area contributed by atoms with Crippen molar-refractivity contribution in [2.24, 2.45) is 0 Å². The molecule has 1 aromatic carbocycles. The molecule has 5 atom stereocenters. The molecule has 0 saturated carbocycles. The van der Waals surface area contributed by atoms with Crippen molar-refractivity contribution in [3.05, 3.63) is 39.2 Å². The molecule has 1 aliphatic rings. The van der Waals surface area contributed by atoms with Crippen molar-refractivity contribution in [1.29, 1.82) is 0 Å². The summed E-state index contributed by atoms with van der Waals surface area (Å²) in [5, 5.41) is 39.4. The molecule has 136 valence electrons. The van der Waals surface area contributed by atoms with Crippen LogP contribution in [0.1, 0.15) is 5.56 Å². The molecular weight excluding hydrogens is 356 g/mol. The Bertz CT molecular complexity index is 833. The van der Waals surface area contributed by atoms with Gasteiger partial charge in [-0.05, 0) is 24.6 Å². The molecule has 9 heteroatoms. The number of fused-ring (bicyclic) bond motifs is 1. The first-order valence-electron chi connectivity index (χ1n) is 7.53. The third-order valence-corrected chi connectivity index (χ3v) is 4.47. The summed E-state index contributed by atoms with van der Waals surface area (Å²) in [7, 11) is 0. The molecule has 1 fully saturated rings. The smallest absolute Gasteiger partial charge is 0.336 e. The van der Waals surface area contributed by atoms with Crippen LogP contribution in [0.15, 0.2) is 27.4 Å². The Balaban J connectivity index is 1.95. The number of benzene rings is 1. The van der Waals surface area contributed by atoms with E-state index in [4.69, 9.17) is 25.5 Å². The fourth-order valence-electron chi connectivity index (χ4n) is 2.71. The normalized spacial score (nSPS) is 29.8. The van der Waals surface area contributed by atoms with Crippen LogP contribution in [0.5, 0.6) is 5.75 Å². The number of aliphatic hydroxyl groups is 4. The second-order valence-corrected chi connectivity index (χ2v) is 6.20. The van der Waals surface area contributed by atoms with E-state index < -0.39 is 42.9 Å². The summed E-state index contributed by atoms with van der Waals surface area (Å²) in [6.45, 7) is 1.15. The van der Waals surface area contributed by atoms with Gasteiger partial charge in [-0.15, -0.1) is 0 Å². The van der Waals surface area contributed by atoms with E-state index in [1.807, 2.05) is 0 Å². The van der Waals surface area contributed by atoms with Gasteiger partial charge in [0, 0.05) is 11.5 Å². The van der Waals surface area contributed by atoms with Crippen LogP contribution in [-0.4, -0.2) is 57.7 Å². The molecule has 2 aromatic rings. The third kappa shape index (κ3) is 3.24. The summed E-state index contributed by atoms with van der Waals surface area (Å²) in [6, 6.07) is 4.45. The maximum absolute atomic E-state index is 11.6. The average Bonchev–Trinajstić information content (AvgIpc) is 2.58. The van der Waals surface area contributed by atoms with E-state index in [2.05, 4.69) is 0 Å². The number of aryl methyl sites for hydroxylation is 1. The second kappa shape index (κ2) is 6.91. The van der Waals surface area contributed by atoms with Gasteiger partial charge in [-0.1, -0.05) is 11.6 Å². The van der Waals surface area contributed by atoms with Gasteiger partial charge in [0.1, 0.15) is 35.2 Å². The van der Waals surface area contributed by atoms with Crippen molar-refractivity contribution in [1.82, 2.24) is 0 Å². The highest BCUT2D eigenvalue weighted by Gasteiger charge is 2.44. The highest BCUT2D eigenvalue weighted by molar-refractivity contribution is 6.36. The summed E-state index contributed by atoms with van der Waals surface area (Å²) in [5.41, 5.74) is 0.221. The quantitative estimate of drug-likeness (QED) is 0.551. The maximum atomic E-state index is 11.6. The maximum Gasteiger partial charge on any atom is 0.336 e. The van der Waals surface area contributed by atoms with Crippen molar-refractivity contribution in [3.8, 4) is 5.75 Å². The first kappa shape index (κ1) is 18.1. The molecule has 1 aromatic heterocycles. The molecule has 0 unspecified atom stereocenters. The van der Waals surface area contributed by atoms with E-state index in [0.717, 1.165) is 0 Å². The summed E-state index contributed by atoms with van der Waals surface area (Å²) >= 11 is 6.23. The standard InChI is InChI=1S/C16H17ClO8/c1-6-4-10(19)25-15-7(6)2-3-8(11(15)17)23-16-14(22)13(21)12(20)9(5-18)24-16/h2-4,9,12-14,16,18,20-22H,5H2,1H3/t9-,12-,13+,14-,16+/m1/s1. The summed E-state index contributed by atoms with van der Waals surface area (Å²) in [4.78, 5) is 11.6. The van der Waals surface area contributed by atoms with Crippen molar-refractivity contribution in [2.45, 2.75) is 37.6 Å². The lowest BCUT2D eigenvalue weighted by Gasteiger charge is -2.39. The van der Waals surface area contributed by atoms with Crippen LogP contribution in [0.4, 0.5) is 0 Å². The zero-order valence-electron chi connectivity index (χ0n) is 13.1. The predicted octanol–water partition coefficient (Wildman–Crippen LogP) is -0.0665. The van der Waals surface area contributed by atoms with Crippen LogP contribution in [0, 0.1) is 6.92 Å². The third-order valence-electron chi connectivity index (χ3n) is 4.12. The van der Waals surface area contributed by atoms with Gasteiger partial charge in [0.15, 0.2) is 5.58 Å². The minimum atomic E-state index is -1.57. The molecule has 2 heterocycles. The van der Waals surface area contributed by atoms with Gasteiger partial charge in [-0.25, -0.2) is 4.79 Å². The zero-order chi connectivity index (χ0) is 18.3. The number of hydrogen-bond donors (Lipinski definition) is 4. The summed E-state index contributed by atoms with van der Waals surface area (Å²) in [5.74, 6) is 0.0484. The van der Waals surface area contributed by atoms with Gasteiger partial charge in [0.05, 0.1) is 6.61 Å². The minimum absolute atomic E-state index is 0.00439. The molecule has 3 rings (SSSR count). The number of halogens is 1. The molecule has 1 saturated heterocycles. The Morgan fingerprint density at radius 2 is 1.92 bits per heavy atom. The SMILES string of the molecule is Cc1cc(=O)oc2c(Cl)c(O[C@H]3O[C@H](CO)[C@@H](O)[C@H](O)[C@H]3O)ccc12. The van der Waals surface area contributed by atoms with Crippen LogP contribution in [0.2, 0.25) is 5.02 Å². The van der Waals surface area contributed by atoms with Crippen LogP contribution >= 0.6 is 11.6 Å². The lowest BCUT2D eigenvalue weighted by molar-refractivity contribution is -0.277. The molecule has 0 bridgehead atoms. The van der Waals surface area contributed by atoms with Crippen molar-refractivity contribution < 1.29 is 34.3 Å². The van der Waals surface area contributed by atoms with Gasteiger partial charge in [0.25, 0.3) is 0 Å². The van der Waals surface area contributed by atoms with Gasteiger partial charge in [-0.3, -0.25) is 0 Å². The highest BCUT2D eigenvalue weighted by Crippen LogP contribution is 2.35. The first-order chi connectivity index (χ1) is 11.8. The highest BCUT2D eigenvalue weighted by atomic mass is 35.5. The minimum Gasteiger partial charge on any atom is -0.460 e. The molecule has 0 radical (unpaired) electrons. The Hall–Kier alpha value is -1.68. The number of hydrogen-bond acceptors (Lipinski definition) is 8. The van der Waals surface area contributed by atoms with Crippen LogP contribution < -0.4 is 10.4 Å². The molecule has 0 spiro atoms. The number of ether oxygens (including phenoxy) is 2. The molecule has 8 nitrogen and oxygen atoms in total. The average molecular weight is 373 g/mol. The molecule has 4 N–H and O–H groups in total. The molecule has 0 aliphatic carbocycles. The topological polar surface area (TPSA) is 130 Å². The predicted molar refractivity (Wildman–Crippen MR) is 86.6 cm³/mol. The van der Waals surface area contributed by atoms with E-state index in [-0.39, 0.29) is 16.4 Å². The van der Waals surface area contributed by atoms with Crippen LogP contribution in [0.25, 0.3) is 11.0 Å². The number of rotatable bonds is 3. The van der Waals surface area contributed by atoms with Gasteiger partial charge in [-0.2, -0.15) is 0 Å². The summed E-state index contributed by atoms with van der Waals surface area (Å²) in [6.07, 6.45) is -7.14. The van der Waals surface area contributed by atoms with E-state index >= 15 is 0 Å². The molecule has 0 amide bonds. The second-order valence-electron chi connectivity index (χ2n) is 5.82. The lowest BCUT2D eigenvalue weighted by Crippen LogP contribution is -2.60. The van der Waals surface area contributed by atoms with Crippen molar-refractivity contribution in [2.75, 3.05) is 6.61 Å². The van der Waals surface area contributed by atoms with E-state index in [1.165, 1.54) is 12.1 Å². The van der Waals surface area contributed by atoms with E-state index in [0.29, 0.717) is 10.9 Å².